The summed E-state index contributed by atoms with van der Waals surface area (Å²) >= 11 is 6.16. The van der Waals surface area contributed by atoms with Crippen molar-refractivity contribution in [3.63, 3.8) is 0 Å². The van der Waals surface area contributed by atoms with Crippen LogP contribution in [0.15, 0.2) is 78.0 Å². The van der Waals surface area contributed by atoms with E-state index in [4.69, 9.17) is 16.3 Å². The average Bonchev–Trinajstić information content (AvgIpc) is 3.03. The van der Waals surface area contributed by atoms with Crippen LogP contribution in [0.2, 0.25) is 0 Å². The maximum Gasteiger partial charge on any atom is 0.416 e. The second-order valence-electron chi connectivity index (χ2n) is 7.58. The van der Waals surface area contributed by atoms with Crippen molar-refractivity contribution in [2.45, 2.75) is 30.4 Å². The first-order valence-electron chi connectivity index (χ1n) is 10.5. The van der Waals surface area contributed by atoms with Crippen molar-refractivity contribution in [1.29, 1.82) is 0 Å². The van der Waals surface area contributed by atoms with Gasteiger partial charge in [0.25, 0.3) is 0 Å². The van der Waals surface area contributed by atoms with Crippen LogP contribution in [0.3, 0.4) is 0 Å². The lowest BCUT2D eigenvalue weighted by molar-refractivity contribution is -0.137. The summed E-state index contributed by atoms with van der Waals surface area (Å²) in [4.78, 5) is 17.2. The van der Waals surface area contributed by atoms with E-state index >= 15 is 0 Å². The van der Waals surface area contributed by atoms with Crippen molar-refractivity contribution >= 4 is 23.4 Å². The van der Waals surface area contributed by atoms with Crippen molar-refractivity contribution in [2.24, 2.45) is 4.99 Å². The summed E-state index contributed by atoms with van der Waals surface area (Å²) in [7, 11) is 0. The smallest absolute Gasteiger partial charge is 0.416 e. The van der Waals surface area contributed by atoms with Gasteiger partial charge in [-0.15, -0.1) is 17.5 Å². The van der Waals surface area contributed by atoms with Crippen molar-refractivity contribution in [3.05, 3.63) is 95.5 Å². The molecule has 0 aromatic heterocycles. The summed E-state index contributed by atoms with van der Waals surface area (Å²) in [6.07, 6.45) is 0.135. The highest BCUT2D eigenvalue weighted by Crippen LogP contribution is 2.36. The third-order valence-corrected chi connectivity index (χ3v) is 5.45. The Morgan fingerprint density at radius 2 is 1.86 bits per heavy atom. The summed E-state index contributed by atoms with van der Waals surface area (Å²) in [6.45, 7) is 1.32. The molecule has 1 N–H and O–H groups in total. The lowest BCUT2D eigenvalue weighted by Crippen LogP contribution is -2.53. The van der Waals surface area contributed by atoms with Gasteiger partial charge in [0.2, 0.25) is 0 Å². The molecular weight excluding hydrogens is 484 g/mol. The number of rotatable bonds is 6. The minimum Gasteiger partial charge on any atom is -0.436 e. The van der Waals surface area contributed by atoms with Crippen molar-refractivity contribution < 1.29 is 27.1 Å². The molecule has 4 nitrogen and oxygen atoms in total. The van der Waals surface area contributed by atoms with Crippen LogP contribution in [0.4, 0.5) is 22.4 Å². The SMILES string of the molecule is CC#CCOC(=O)N[C@](Cc1ccccc1)(C1=NC=C[C@@H](Cl)C=C1)c1cc(F)cc(C(F)(F)F)c1. The summed E-state index contributed by atoms with van der Waals surface area (Å²) < 4.78 is 60.5. The van der Waals surface area contributed by atoms with Gasteiger partial charge in [-0.05, 0) is 48.4 Å². The Morgan fingerprint density at radius 3 is 2.54 bits per heavy atom. The summed E-state index contributed by atoms with van der Waals surface area (Å²) in [5.74, 6) is 4.03. The maximum absolute atomic E-state index is 14.6. The Labute approximate surface area is 205 Å². The fourth-order valence-corrected chi connectivity index (χ4v) is 3.69. The third-order valence-electron chi connectivity index (χ3n) is 5.16. The average molecular weight is 505 g/mol. The van der Waals surface area contributed by atoms with Crippen LogP contribution in [-0.2, 0) is 22.9 Å². The van der Waals surface area contributed by atoms with E-state index in [2.05, 4.69) is 22.2 Å². The van der Waals surface area contributed by atoms with Gasteiger partial charge in [-0.3, -0.25) is 4.99 Å². The van der Waals surface area contributed by atoms with Crippen LogP contribution in [0.1, 0.15) is 23.6 Å². The van der Waals surface area contributed by atoms with Crippen LogP contribution < -0.4 is 5.32 Å². The number of aliphatic imine (C=N–C) groups is 1. The van der Waals surface area contributed by atoms with Crippen LogP contribution in [0.25, 0.3) is 0 Å². The molecule has 1 aliphatic rings. The largest absolute Gasteiger partial charge is 0.436 e. The Bertz CT molecular complexity index is 1210. The van der Waals surface area contributed by atoms with Gasteiger partial charge in [0, 0.05) is 12.6 Å². The Hall–Kier alpha value is -3.57. The highest BCUT2D eigenvalue weighted by Gasteiger charge is 2.42. The number of allylic oxidation sites excluding steroid dienone is 2. The summed E-state index contributed by atoms with van der Waals surface area (Å²) in [5, 5.41) is 2.10. The number of carbonyl (C=O) groups excluding carboxylic acids is 1. The van der Waals surface area contributed by atoms with Crippen LogP contribution in [0.5, 0.6) is 0 Å². The highest BCUT2D eigenvalue weighted by molar-refractivity contribution is 6.23. The first-order chi connectivity index (χ1) is 16.6. The molecule has 182 valence electrons. The fraction of sp³-hybridized carbons (Fsp3) is 0.231. The van der Waals surface area contributed by atoms with Gasteiger partial charge in [-0.1, -0.05) is 42.3 Å². The van der Waals surface area contributed by atoms with Crippen LogP contribution in [0, 0.1) is 17.7 Å². The number of amides is 1. The standard InChI is InChI=1S/C26H21ClF4N2O2/c1-2-3-13-35-24(34)33-25(17-18-7-5-4-6-8-18,23-10-9-21(27)11-12-32-23)19-14-20(26(29,30)31)16-22(28)15-19/h4-12,14-16,21H,13,17H2,1H3,(H,33,34)/t21-,25-/m0/s1. The van der Waals surface area contributed by atoms with E-state index in [1.807, 2.05) is 0 Å². The van der Waals surface area contributed by atoms with E-state index in [0.717, 1.165) is 12.1 Å². The van der Waals surface area contributed by atoms with Gasteiger partial charge in [0.05, 0.1) is 16.7 Å². The normalized spacial score (nSPS) is 16.9. The number of nitrogens with one attached hydrogen (secondary N) is 1. The second-order valence-corrected chi connectivity index (χ2v) is 8.09. The zero-order valence-electron chi connectivity index (χ0n) is 18.6. The predicted octanol–water partition coefficient (Wildman–Crippen LogP) is 6.16. The van der Waals surface area contributed by atoms with E-state index in [0.29, 0.717) is 11.6 Å². The highest BCUT2D eigenvalue weighted by atomic mass is 35.5. The molecule has 0 aliphatic carbocycles. The second kappa shape index (κ2) is 11.2. The molecule has 1 amide bonds. The van der Waals surface area contributed by atoms with E-state index in [9.17, 15) is 22.4 Å². The molecule has 0 spiro atoms. The molecule has 9 heteroatoms. The number of ether oxygens (including phenoxy) is 1. The molecule has 0 fully saturated rings. The molecule has 0 bridgehead atoms. The Balaban J connectivity index is 2.26. The molecule has 35 heavy (non-hydrogen) atoms. The van der Waals surface area contributed by atoms with Crippen molar-refractivity contribution in [1.82, 2.24) is 5.32 Å². The number of hydrogen-bond donors (Lipinski definition) is 1. The van der Waals surface area contributed by atoms with E-state index < -0.39 is 34.6 Å². The zero-order valence-corrected chi connectivity index (χ0v) is 19.3. The fourth-order valence-electron chi connectivity index (χ4n) is 3.56. The molecule has 1 heterocycles. The molecule has 0 radical (unpaired) electrons. The monoisotopic (exact) mass is 504 g/mol. The summed E-state index contributed by atoms with van der Waals surface area (Å²) in [6, 6.07) is 10.8. The quantitative estimate of drug-likeness (QED) is 0.291. The minimum absolute atomic E-state index is 0.0624. The number of alkyl carbamates (subject to hydrolysis) is 1. The zero-order chi connectivity index (χ0) is 25.5. The van der Waals surface area contributed by atoms with Gasteiger partial charge in [0.15, 0.2) is 6.61 Å². The molecule has 0 unspecified atom stereocenters. The molecule has 3 rings (SSSR count). The number of halogens is 5. The van der Waals surface area contributed by atoms with Gasteiger partial charge in [-0.2, -0.15) is 13.2 Å². The molecule has 2 aromatic carbocycles. The number of hydrogen-bond acceptors (Lipinski definition) is 3. The van der Waals surface area contributed by atoms with Crippen LogP contribution in [-0.4, -0.2) is 23.8 Å². The van der Waals surface area contributed by atoms with E-state index in [-0.39, 0.29) is 24.3 Å². The van der Waals surface area contributed by atoms with Gasteiger partial charge >= 0.3 is 12.3 Å². The summed E-state index contributed by atoms with van der Waals surface area (Å²) in [5.41, 5.74) is -2.34. The molecule has 0 saturated heterocycles. The molecule has 0 saturated carbocycles. The molecule has 1 aliphatic heterocycles. The Morgan fingerprint density at radius 1 is 1.14 bits per heavy atom. The first kappa shape index (κ1) is 26.0. The number of benzene rings is 2. The minimum atomic E-state index is -4.82. The molecule has 2 aromatic rings. The van der Waals surface area contributed by atoms with Crippen molar-refractivity contribution in [2.75, 3.05) is 6.61 Å². The van der Waals surface area contributed by atoms with Crippen LogP contribution >= 0.6 is 11.6 Å². The van der Waals surface area contributed by atoms with E-state index in [1.54, 1.807) is 49.4 Å². The lowest BCUT2D eigenvalue weighted by atomic mass is 9.78. The number of nitrogens with zero attached hydrogens (tertiary/aromatic N) is 1. The first-order valence-corrected chi connectivity index (χ1v) is 10.9. The number of alkyl halides is 4. The lowest BCUT2D eigenvalue weighted by Gasteiger charge is -2.36. The third kappa shape index (κ3) is 6.74. The van der Waals surface area contributed by atoms with E-state index in [1.165, 1.54) is 12.3 Å². The van der Waals surface area contributed by atoms with Gasteiger partial charge in [0.1, 0.15) is 11.4 Å². The predicted molar refractivity (Wildman–Crippen MR) is 127 cm³/mol. The maximum atomic E-state index is 14.6. The molecular formula is C26H21ClF4N2O2. The van der Waals surface area contributed by atoms with Gasteiger partial charge in [-0.25, -0.2) is 9.18 Å². The van der Waals surface area contributed by atoms with Gasteiger partial charge < -0.3 is 10.1 Å². The topological polar surface area (TPSA) is 50.7 Å². The molecule has 2 atom stereocenters. The Kier molecular flexibility index (Phi) is 8.36. The number of carbonyl (C=O) groups is 1. The van der Waals surface area contributed by atoms with Crippen molar-refractivity contribution in [3.8, 4) is 11.8 Å².